The fourth-order valence-corrected chi connectivity index (χ4v) is 3.01. The van der Waals surface area contributed by atoms with Crippen LogP contribution in [0.15, 0.2) is 6.07 Å². The topological polar surface area (TPSA) is 61.0 Å². The van der Waals surface area contributed by atoms with Crippen molar-refractivity contribution in [1.29, 1.82) is 0 Å². The van der Waals surface area contributed by atoms with Crippen LogP contribution in [-0.2, 0) is 16.8 Å². The van der Waals surface area contributed by atoms with E-state index in [-0.39, 0.29) is 11.6 Å². The monoisotopic (exact) mass is 277 g/mol. The van der Waals surface area contributed by atoms with E-state index in [1.807, 2.05) is 19.9 Å². The smallest absolute Gasteiger partial charge is 0.160 e. The van der Waals surface area contributed by atoms with E-state index in [9.17, 15) is 0 Å². The van der Waals surface area contributed by atoms with Gasteiger partial charge in [-0.25, -0.2) is 9.97 Å². The molecule has 0 aromatic carbocycles. The van der Waals surface area contributed by atoms with Crippen molar-refractivity contribution in [1.82, 2.24) is 9.97 Å². The van der Waals surface area contributed by atoms with E-state index in [1.165, 1.54) is 12.8 Å². The highest BCUT2D eigenvalue weighted by Crippen LogP contribution is 2.40. The first kappa shape index (κ1) is 15.4. The van der Waals surface area contributed by atoms with Gasteiger partial charge < -0.3 is 10.5 Å². The number of nitrogens with zero attached hydrogens (tertiary/aromatic N) is 2. The summed E-state index contributed by atoms with van der Waals surface area (Å²) in [6.45, 7) is 6.89. The molecule has 4 heteroatoms. The van der Waals surface area contributed by atoms with Gasteiger partial charge in [0, 0.05) is 30.5 Å². The molecule has 4 nitrogen and oxygen atoms in total. The Labute approximate surface area is 122 Å². The van der Waals surface area contributed by atoms with Crippen molar-refractivity contribution in [3.05, 3.63) is 23.3 Å². The van der Waals surface area contributed by atoms with Gasteiger partial charge in [-0.2, -0.15) is 0 Å². The minimum atomic E-state index is -0.258. The standard InChI is InChI=1S/C16H27N3O/c1-4-13(17)11-14-10-12(3)18-15(19-14)16(20-5-2)8-6-7-9-16/h10,13H,4-9,11,17H2,1-3H3. The van der Waals surface area contributed by atoms with Crippen LogP contribution >= 0.6 is 0 Å². The number of ether oxygens (including phenoxy) is 1. The maximum atomic E-state index is 6.06. The zero-order valence-corrected chi connectivity index (χ0v) is 13.0. The van der Waals surface area contributed by atoms with Crippen molar-refractivity contribution in [2.75, 3.05) is 6.61 Å². The van der Waals surface area contributed by atoms with Crippen molar-refractivity contribution in [2.45, 2.75) is 70.9 Å². The Morgan fingerprint density at radius 3 is 2.60 bits per heavy atom. The van der Waals surface area contributed by atoms with E-state index in [2.05, 4.69) is 11.9 Å². The molecule has 1 aromatic rings. The second-order valence-corrected chi connectivity index (χ2v) is 5.83. The fourth-order valence-electron chi connectivity index (χ4n) is 3.01. The molecule has 0 saturated heterocycles. The Bertz CT molecular complexity index is 441. The lowest BCUT2D eigenvalue weighted by atomic mass is 10.00. The van der Waals surface area contributed by atoms with Gasteiger partial charge in [0.25, 0.3) is 0 Å². The molecule has 1 heterocycles. The molecule has 2 N–H and O–H groups in total. The maximum Gasteiger partial charge on any atom is 0.160 e. The largest absolute Gasteiger partial charge is 0.367 e. The maximum absolute atomic E-state index is 6.06. The van der Waals surface area contributed by atoms with Gasteiger partial charge in [-0.1, -0.05) is 6.92 Å². The number of nitrogens with two attached hydrogens (primary N) is 1. The third-order valence-electron chi connectivity index (χ3n) is 4.14. The average Bonchev–Trinajstić information content (AvgIpc) is 2.88. The van der Waals surface area contributed by atoms with E-state index < -0.39 is 0 Å². The Hall–Kier alpha value is -1.00. The zero-order chi connectivity index (χ0) is 14.6. The molecule has 1 unspecified atom stereocenters. The van der Waals surface area contributed by atoms with E-state index in [0.717, 1.165) is 42.9 Å². The SMILES string of the molecule is CCOC1(c2nc(C)cc(CC(N)CC)n2)CCCC1. The number of aromatic nitrogens is 2. The van der Waals surface area contributed by atoms with Gasteiger partial charge in [0.15, 0.2) is 5.82 Å². The van der Waals surface area contributed by atoms with Crippen LogP contribution in [0.25, 0.3) is 0 Å². The van der Waals surface area contributed by atoms with Gasteiger partial charge >= 0.3 is 0 Å². The molecule has 1 aliphatic carbocycles. The quantitative estimate of drug-likeness (QED) is 0.868. The van der Waals surface area contributed by atoms with Gasteiger partial charge in [0.1, 0.15) is 5.60 Å². The molecule has 1 saturated carbocycles. The highest BCUT2D eigenvalue weighted by molar-refractivity contribution is 5.16. The second-order valence-electron chi connectivity index (χ2n) is 5.83. The van der Waals surface area contributed by atoms with Crippen molar-refractivity contribution in [2.24, 2.45) is 5.73 Å². The minimum Gasteiger partial charge on any atom is -0.367 e. The molecule has 1 atom stereocenters. The summed E-state index contributed by atoms with van der Waals surface area (Å²) in [5.74, 6) is 0.871. The highest BCUT2D eigenvalue weighted by atomic mass is 16.5. The Kier molecular flexibility index (Phi) is 5.11. The number of aryl methyl sites for hydroxylation is 1. The van der Waals surface area contributed by atoms with Gasteiger partial charge in [0.2, 0.25) is 0 Å². The lowest BCUT2D eigenvalue weighted by Gasteiger charge is -2.28. The first-order valence-corrected chi connectivity index (χ1v) is 7.84. The van der Waals surface area contributed by atoms with Crippen LogP contribution in [0.2, 0.25) is 0 Å². The summed E-state index contributed by atoms with van der Waals surface area (Å²) < 4.78 is 6.06. The summed E-state index contributed by atoms with van der Waals surface area (Å²) in [6.07, 6.45) is 6.24. The molecule has 0 aliphatic heterocycles. The minimum absolute atomic E-state index is 0.170. The molecule has 0 radical (unpaired) electrons. The van der Waals surface area contributed by atoms with Crippen LogP contribution in [0.1, 0.15) is 63.2 Å². The molecule has 0 spiro atoms. The predicted molar refractivity (Wildman–Crippen MR) is 80.5 cm³/mol. The van der Waals surface area contributed by atoms with Crippen LogP contribution in [0.5, 0.6) is 0 Å². The highest BCUT2D eigenvalue weighted by Gasteiger charge is 2.39. The summed E-state index contributed by atoms with van der Waals surface area (Å²) in [5.41, 5.74) is 7.86. The molecule has 1 aromatic heterocycles. The Balaban J connectivity index is 2.30. The van der Waals surface area contributed by atoms with Crippen LogP contribution in [0, 0.1) is 6.92 Å². The van der Waals surface area contributed by atoms with Gasteiger partial charge in [-0.3, -0.25) is 0 Å². The summed E-state index contributed by atoms with van der Waals surface area (Å²) in [4.78, 5) is 9.44. The third-order valence-corrected chi connectivity index (χ3v) is 4.14. The molecular weight excluding hydrogens is 250 g/mol. The first-order chi connectivity index (χ1) is 9.59. The molecule has 0 amide bonds. The van der Waals surface area contributed by atoms with Crippen LogP contribution in [0.3, 0.4) is 0 Å². The Morgan fingerprint density at radius 2 is 2.00 bits per heavy atom. The summed E-state index contributed by atoms with van der Waals surface area (Å²) in [6, 6.07) is 2.22. The molecule has 1 aliphatic rings. The number of hydrogen-bond acceptors (Lipinski definition) is 4. The molecular formula is C16H27N3O. The molecule has 112 valence electrons. The normalized spacial score (nSPS) is 19.2. The van der Waals surface area contributed by atoms with E-state index in [0.29, 0.717) is 6.61 Å². The van der Waals surface area contributed by atoms with Crippen molar-refractivity contribution >= 4 is 0 Å². The van der Waals surface area contributed by atoms with Crippen LogP contribution in [-0.4, -0.2) is 22.6 Å². The van der Waals surface area contributed by atoms with E-state index >= 15 is 0 Å². The summed E-state index contributed by atoms with van der Waals surface area (Å²) in [5, 5.41) is 0. The van der Waals surface area contributed by atoms with E-state index in [1.54, 1.807) is 0 Å². The lowest BCUT2D eigenvalue weighted by molar-refractivity contribution is -0.0459. The van der Waals surface area contributed by atoms with Gasteiger partial charge in [-0.15, -0.1) is 0 Å². The van der Waals surface area contributed by atoms with Crippen molar-refractivity contribution in [3.8, 4) is 0 Å². The average molecular weight is 277 g/mol. The van der Waals surface area contributed by atoms with Gasteiger partial charge in [-0.05, 0) is 52.0 Å². The lowest BCUT2D eigenvalue weighted by Crippen LogP contribution is -2.30. The van der Waals surface area contributed by atoms with Crippen LogP contribution in [0.4, 0.5) is 0 Å². The molecule has 2 rings (SSSR count). The first-order valence-electron chi connectivity index (χ1n) is 7.84. The molecule has 0 bridgehead atoms. The predicted octanol–water partition coefficient (Wildman–Crippen LogP) is 2.87. The van der Waals surface area contributed by atoms with Crippen molar-refractivity contribution in [3.63, 3.8) is 0 Å². The van der Waals surface area contributed by atoms with Crippen LogP contribution < -0.4 is 5.73 Å². The second kappa shape index (κ2) is 6.64. The number of hydrogen-bond donors (Lipinski definition) is 1. The third kappa shape index (κ3) is 3.36. The van der Waals surface area contributed by atoms with Crippen molar-refractivity contribution < 1.29 is 4.74 Å². The Morgan fingerprint density at radius 1 is 1.30 bits per heavy atom. The summed E-state index contributed by atoms with van der Waals surface area (Å²) in [7, 11) is 0. The molecule has 1 fully saturated rings. The summed E-state index contributed by atoms with van der Waals surface area (Å²) >= 11 is 0. The number of rotatable bonds is 6. The molecule has 20 heavy (non-hydrogen) atoms. The van der Waals surface area contributed by atoms with E-state index in [4.69, 9.17) is 15.5 Å². The fraction of sp³-hybridized carbons (Fsp3) is 0.750. The zero-order valence-electron chi connectivity index (χ0n) is 13.0. The van der Waals surface area contributed by atoms with Gasteiger partial charge in [0.05, 0.1) is 0 Å².